The number of hydrogen-bond acceptors (Lipinski definition) is 4. The van der Waals surface area contributed by atoms with Crippen LogP contribution >= 0.6 is 0 Å². The third kappa shape index (κ3) is 2.90. The topological polar surface area (TPSA) is 69.2 Å². The molecule has 2 rings (SSSR count). The van der Waals surface area contributed by atoms with Gasteiger partial charge in [0.25, 0.3) is 5.78 Å². The number of aromatic nitrogens is 3. The number of pyridine rings is 1. The standard InChI is InChI=1S/C16H20N4O2/c1-10(2)17-13-8-6-7-9-20(13)16(22)15(21)14-11(3)18-19(5)12(14)4/h6-10H,1-5H3. The highest BCUT2D eigenvalue weighted by Gasteiger charge is 2.25. The summed E-state index contributed by atoms with van der Waals surface area (Å²) >= 11 is 0. The first-order valence-electron chi connectivity index (χ1n) is 7.13. The Labute approximate surface area is 129 Å². The van der Waals surface area contributed by atoms with E-state index < -0.39 is 11.7 Å². The molecule has 0 N–H and O–H groups in total. The van der Waals surface area contributed by atoms with Crippen molar-refractivity contribution >= 4 is 11.7 Å². The van der Waals surface area contributed by atoms with E-state index in [-0.39, 0.29) is 6.04 Å². The minimum atomic E-state index is -0.626. The zero-order valence-corrected chi connectivity index (χ0v) is 13.5. The number of ketones is 1. The molecule has 0 aromatic carbocycles. The molecule has 0 spiro atoms. The molecule has 6 nitrogen and oxygen atoms in total. The molecule has 0 fully saturated rings. The van der Waals surface area contributed by atoms with E-state index in [1.54, 1.807) is 50.0 Å². The Kier molecular flexibility index (Phi) is 4.40. The Balaban J connectivity index is 2.52. The van der Waals surface area contributed by atoms with Gasteiger partial charge in [-0.3, -0.25) is 23.8 Å². The molecular formula is C16H20N4O2. The van der Waals surface area contributed by atoms with Gasteiger partial charge in [0, 0.05) is 25.0 Å². The third-order valence-corrected chi connectivity index (χ3v) is 3.38. The lowest BCUT2D eigenvalue weighted by Crippen LogP contribution is -2.33. The van der Waals surface area contributed by atoms with E-state index in [1.165, 1.54) is 4.57 Å². The quantitative estimate of drug-likeness (QED) is 0.639. The van der Waals surface area contributed by atoms with Crippen molar-refractivity contribution in [3.63, 3.8) is 0 Å². The van der Waals surface area contributed by atoms with E-state index in [1.807, 2.05) is 13.8 Å². The maximum atomic E-state index is 12.6. The molecule has 0 amide bonds. The molecule has 2 aromatic rings. The predicted octanol–water partition coefficient (Wildman–Crippen LogP) is 1.67. The van der Waals surface area contributed by atoms with Gasteiger partial charge in [0.05, 0.1) is 11.3 Å². The zero-order chi connectivity index (χ0) is 16.4. The Morgan fingerprint density at radius 1 is 1.23 bits per heavy atom. The van der Waals surface area contributed by atoms with Gasteiger partial charge in [-0.15, -0.1) is 0 Å². The second kappa shape index (κ2) is 6.09. The van der Waals surface area contributed by atoms with Gasteiger partial charge >= 0.3 is 5.91 Å². The van der Waals surface area contributed by atoms with Crippen molar-refractivity contribution in [3.8, 4) is 0 Å². The SMILES string of the molecule is Cc1nn(C)c(C)c1C(=O)C(=O)n1ccccc1=NC(C)C. The van der Waals surface area contributed by atoms with E-state index in [0.29, 0.717) is 22.4 Å². The maximum absolute atomic E-state index is 12.6. The van der Waals surface area contributed by atoms with Crippen LogP contribution in [-0.4, -0.2) is 32.1 Å². The minimum Gasteiger partial charge on any atom is -0.283 e. The molecule has 116 valence electrons. The van der Waals surface area contributed by atoms with Crippen molar-refractivity contribution in [1.82, 2.24) is 14.3 Å². The van der Waals surface area contributed by atoms with Gasteiger partial charge in [0.1, 0.15) is 5.49 Å². The van der Waals surface area contributed by atoms with Gasteiger partial charge in [-0.05, 0) is 39.8 Å². The van der Waals surface area contributed by atoms with Crippen LogP contribution in [0, 0.1) is 13.8 Å². The van der Waals surface area contributed by atoms with Gasteiger partial charge in [0.2, 0.25) is 0 Å². The molecule has 6 heteroatoms. The van der Waals surface area contributed by atoms with Crippen LogP contribution in [0.2, 0.25) is 0 Å². The van der Waals surface area contributed by atoms with E-state index in [9.17, 15) is 9.59 Å². The van der Waals surface area contributed by atoms with Crippen LogP contribution in [0.15, 0.2) is 29.4 Å². The molecule has 0 aliphatic rings. The number of nitrogens with zero attached hydrogens (tertiary/aromatic N) is 4. The van der Waals surface area contributed by atoms with Crippen LogP contribution in [0.1, 0.15) is 40.4 Å². The number of hydrogen-bond donors (Lipinski definition) is 0. The summed E-state index contributed by atoms with van der Waals surface area (Å²) in [7, 11) is 1.75. The van der Waals surface area contributed by atoms with Gasteiger partial charge in [-0.2, -0.15) is 5.10 Å². The van der Waals surface area contributed by atoms with Crippen LogP contribution in [-0.2, 0) is 7.05 Å². The molecular weight excluding hydrogens is 280 g/mol. The monoisotopic (exact) mass is 300 g/mol. The largest absolute Gasteiger partial charge is 0.304 e. The van der Waals surface area contributed by atoms with Crippen molar-refractivity contribution in [2.45, 2.75) is 33.7 Å². The van der Waals surface area contributed by atoms with Crippen molar-refractivity contribution in [1.29, 1.82) is 0 Å². The normalized spacial score (nSPS) is 12.0. The smallest absolute Gasteiger partial charge is 0.283 e. The summed E-state index contributed by atoms with van der Waals surface area (Å²) in [6.45, 7) is 7.33. The zero-order valence-electron chi connectivity index (χ0n) is 13.5. The van der Waals surface area contributed by atoms with E-state index >= 15 is 0 Å². The lowest BCUT2D eigenvalue weighted by Gasteiger charge is -2.06. The van der Waals surface area contributed by atoms with Crippen molar-refractivity contribution in [2.24, 2.45) is 12.0 Å². The summed E-state index contributed by atoms with van der Waals surface area (Å²) < 4.78 is 2.89. The highest BCUT2D eigenvalue weighted by Crippen LogP contribution is 2.13. The van der Waals surface area contributed by atoms with Crippen LogP contribution in [0.5, 0.6) is 0 Å². The summed E-state index contributed by atoms with van der Waals surface area (Å²) in [6, 6.07) is 5.23. The summed E-state index contributed by atoms with van der Waals surface area (Å²) in [5.41, 5.74) is 2.06. The first-order chi connectivity index (χ1) is 10.3. The maximum Gasteiger partial charge on any atom is 0.304 e. The average Bonchev–Trinajstić information content (AvgIpc) is 2.70. The molecule has 0 saturated heterocycles. The number of aryl methyl sites for hydroxylation is 2. The van der Waals surface area contributed by atoms with Gasteiger partial charge in [0.15, 0.2) is 0 Å². The van der Waals surface area contributed by atoms with Crippen LogP contribution in [0.4, 0.5) is 0 Å². The van der Waals surface area contributed by atoms with Crippen LogP contribution in [0.25, 0.3) is 0 Å². The van der Waals surface area contributed by atoms with E-state index in [2.05, 4.69) is 10.1 Å². The lowest BCUT2D eigenvalue weighted by molar-refractivity contribution is 0.0760. The number of carbonyl (C=O) groups excluding carboxylic acids is 2. The fourth-order valence-electron chi connectivity index (χ4n) is 2.29. The molecule has 0 aliphatic carbocycles. The third-order valence-electron chi connectivity index (χ3n) is 3.38. The number of carbonyl (C=O) groups is 2. The van der Waals surface area contributed by atoms with Crippen molar-refractivity contribution in [3.05, 3.63) is 46.8 Å². The fraction of sp³-hybridized carbons (Fsp3) is 0.375. The summed E-state index contributed by atoms with van der Waals surface area (Å²) in [6.07, 6.45) is 1.56. The molecule has 2 aromatic heterocycles. The van der Waals surface area contributed by atoms with Crippen LogP contribution in [0.3, 0.4) is 0 Å². The van der Waals surface area contributed by atoms with Gasteiger partial charge < -0.3 is 0 Å². The van der Waals surface area contributed by atoms with E-state index in [0.717, 1.165) is 0 Å². The Bertz CT molecular complexity index is 797. The number of rotatable bonds is 3. The van der Waals surface area contributed by atoms with E-state index in [4.69, 9.17) is 0 Å². The molecule has 2 heterocycles. The van der Waals surface area contributed by atoms with Crippen LogP contribution < -0.4 is 5.49 Å². The first-order valence-corrected chi connectivity index (χ1v) is 7.13. The Hall–Kier alpha value is -2.50. The molecule has 22 heavy (non-hydrogen) atoms. The van der Waals surface area contributed by atoms with Crippen molar-refractivity contribution < 1.29 is 9.59 Å². The highest BCUT2D eigenvalue weighted by atomic mass is 16.2. The molecule has 0 unspecified atom stereocenters. The van der Waals surface area contributed by atoms with Crippen molar-refractivity contribution in [2.75, 3.05) is 0 Å². The second-order valence-corrected chi connectivity index (χ2v) is 5.46. The molecule has 0 atom stereocenters. The molecule has 0 aliphatic heterocycles. The Morgan fingerprint density at radius 2 is 1.91 bits per heavy atom. The molecule has 0 radical (unpaired) electrons. The minimum absolute atomic E-state index is 0.0263. The summed E-state index contributed by atoms with van der Waals surface area (Å²) in [4.78, 5) is 29.5. The Morgan fingerprint density at radius 3 is 2.45 bits per heavy atom. The second-order valence-electron chi connectivity index (χ2n) is 5.46. The number of Topliss-reactive ketones (excluding diaryl/α,β-unsaturated/α-hetero) is 1. The first kappa shape index (κ1) is 15.9. The molecule has 0 bridgehead atoms. The lowest BCUT2D eigenvalue weighted by atomic mass is 10.1. The summed E-state index contributed by atoms with van der Waals surface area (Å²) in [5.74, 6) is -1.20. The average molecular weight is 300 g/mol. The highest BCUT2D eigenvalue weighted by molar-refractivity contribution is 6.44. The van der Waals surface area contributed by atoms with Gasteiger partial charge in [-0.1, -0.05) is 6.07 Å². The predicted molar refractivity (Wildman–Crippen MR) is 82.8 cm³/mol. The summed E-state index contributed by atoms with van der Waals surface area (Å²) in [5, 5.41) is 4.19. The molecule has 0 saturated carbocycles. The van der Waals surface area contributed by atoms with Gasteiger partial charge in [-0.25, -0.2) is 0 Å². The fourth-order valence-corrected chi connectivity index (χ4v) is 2.29.